The number of carbonyl (C=O) groups excluding carboxylic acids is 2. The molecule has 0 radical (unpaired) electrons. The van der Waals surface area contributed by atoms with Crippen LogP contribution in [0.1, 0.15) is 48.7 Å². The summed E-state index contributed by atoms with van der Waals surface area (Å²) in [5.41, 5.74) is 1.29. The molecule has 1 atom stereocenters. The molecular weight excluding hydrogens is 442 g/mol. The summed E-state index contributed by atoms with van der Waals surface area (Å²) in [5.74, 6) is -0.330. The van der Waals surface area contributed by atoms with Gasteiger partial charge < -0.3 is 9.88 Å². The lowest BCUT2D eigenvalue weighted by Gasteiger charge is -2.34. The maximum Gasteiger partial charge on any atom is 0.249 e. The second kappa shape index (κ2) is 10.4. The minimum absolute atomic E-state index is 0.138. The molecule has 7 heteroatoms. The highest BCUT2D eigenvalue weighted by Crippen LogP contribution is 2.34. The van der Waals surface area contributed by atoms with Crippen LogP contribution in [0.2, 0.25) is 5.02 Å². The predicted molar refractivity (Wildman–Crippen MR) is 130 cm³/mol. The Morgan fingerprint density at radius 1 is 1.12 bits per heavy atom. The Morgan fingerprint density at radius 2 is 1.91 bits per heavy atom. The quantitative estimate of drug-likeness (QED) is 0.496. The van der Waals surface area contributed by atoms with Gasteiger partial charge in [-0.2, -0.15) is 0 Å². The van der Waals surface area contributed by atoms with Crippen molar-refractivity contribution >= 4 is 40.4 Å². The number of nitrogens with zero attached hydrogens (tertiary/aromatic N) is 2. The molecule has 0 spiro atoms. The van der Waals surface area contributed by atoms with Gasteiger partial charge in [0.05, 0.1) is 22.8 Å². The van der Waals surface area contributed by atoms with E-state index in [1.54, 1.807) is 17.0 Å². The number of amides is 2. The van der Waals surface area contributed by atoms with Crippen molar-refractivity contribution < 1.29 is 9.59 Å². The molecule has 1 aromatic carbocycles. The predicted octanol–water partition coefficient (Wildman–Crippen LogP) is 5.51. The number of anilines is 1. The maximum atomic E-state index is 13.7. The summed E-state index contributed by atoms with van der Waals surface area (Å²) in [6.45, 7) is 0. The number of aromatic nitrogens is 1. The first-order chi connectivity index (χ1) is 15.5. The molecule has 32 heavy (non-hydrogen) atoms. The van der Waals surface area contributed by atoms with E-state index in [-0.39, 0.29) is 24.3 Å². The van der Waals surface area contributed by atoms with E-state index < -0.39 is 6.04 Å². The van der Waals surface area contributed by atoms with Crippen molar-refractivity contribution in [3.63, 3.8) is 0 Å². The van der Waals surface area contributed by atoms with Crippen molar-refractivity contribution in [1.29, 1.82) is 0 Å². The molecule has 1 unspecified atom stereocenters. The molecule has 4 rings (SSSR count). The molecule has 168 valence electrons. The van der Waals surface area contributed by atoms with Crippen molar-refractivity contribution in [2.75, 3.05) is 4.90 Å². The number of benzene rings is 1. The minimum atomic E-state index is -0.815. The Bertz CT molecular complexity index is 1060. The van der Waals surface area contributed by atoms with Crippen molar-refractivity contribution in [2.24, 2.45) is 7.05 Å². The van der Waals surface area contributed by atoms with Crippen LogP contribution in [-0.4, -0.2) is 22.4 Å². The largest absolute Gasteiger partial charge is 0.352 e. The van der Waals surface area contributed by atoms with Crippen LogP contribution in [-0.2, 0) is 23.1 Å². The van der Waals surface area contributed by atoms with E-state index in [1.807, 2.05) is 59.6 Å². The fraction of sp³-hybridized carbons (Fsp3) is 0.360. The van der Waals surface area contributed by atoms with Gasteiger partial charge in [-0.25, -0.2) is 0 Å². The van der Waals surface area contributed by atoms with Crippen LogP contribution in [0.15, 0.2) is 60.1 Å². The van der Waals surface area contributed by atoms with Gasteiger partial charge in [0.15, 0.2) is 6.04 Å². The Hall–Kier alpha value is -2.57. The third kappa shape index (κ3) is 5.08. The molecule has 2 amide bonds. The van der Waals surface area contributed by atoms with Crippen LogP contribution in [0.3, 0.4) is 0 Å². The Labute approximate surface area is 198 Å². The number of para-hydroxylation sites is 1. The summed E-state index contributed by atoms with van der Waals surface area (Å²) in [6.07, 6.45) is 7.49. The van der Waals surface area contributed by atoms with Gasteiger partial charge in [-0.05, 0) is 48.6 Å². The first-order valence-electron chi connectivity index (χ1n) is 11.0. The number of hydrogen-bond donors (Lipinski definition) is 1. The lowest BCUT2D eigenvalue weighted by molar-refractivity contribution is -0.127. The highest BCUT2D eigenvalue weighted by molar-refractivity contribution is 7.10. The van der Waals surface area contributed by atoms with Gasteiger partial charge >= 0.3 is 0 Å². The monoisotopic (exact) mass is 469 g/mol. The first kappa shape index (κ1) is 22.6. The van der Waals surface area contributed by atoms with Crippen molar-refractivity contribution in [3.8, 4) is 0 Å². The molecule has 1 N–H and O–H groups in total. The smallest absolute Gasteiger partial charge is 0.249 e. The molecule has 1 aliphatic carbocycles. The summed E-state index contributed by atoms with van der Waals surface area (Å²) in [4.78, 5) is 30.0. The zero-order chi connectivity index (χ0) is 22.5. The van der Waals surface area contributed by atoms with Crippen molar-refractivity contribution in [2.45, 2.75) is 50.6 Å². The van der Waals surface area contributed by atoms with Crippen LogP contribution in [0.4, 0.5) is 5.69 Å². The summed E-state index contributed by atoms with van der Waals surface area (Å²) in [5, 5.41) is 5.62. The number of thiophene rings is 1. The third-order valence-corrected chi connectivity index (χ3v) is 7.20. The van der Waals surface area contributed by atoms with Gasteiger partial charge in [-0.1, -0.05) is 49.1 Å². The third-order valence-electron chi connectivity index (χ3n) is 6.01. The van der Waals surface area contributed by atoms with Gasteiger partial charge in [0, 0.05) is 24.2 Å². The van der Waals surface area contributed by atoms with Crippen LogP contribution >= 0.6 is 22.9 Å². The van der Waals surface area contributed by atoms with Crippen LogP contribution in [0, 0.1) is 0 Å². The molecule has 1 fully saturated rings. The van der Waals surface area contributed by atoms with Gasteiger partial charge in [-0.15, -0.1) is 11.3 Å². The average molecular weight is 470 g/mol. The van der Waals surface area contributed by atoms with Gasteiger partial charge in [-0.3, -0.25) is 14.5 Å². The molecule has 5 nitrogen and oxygen atoms in total. The fourth-order valence-corrected chi connectivity index (χ4v) is 5.30. The Balaban J connectivity index is 1.75. The van der Waals surface area contributed by atoms with Gasteiger partial charge in [0.1, 0.15) is 0 Å². The number of carbonyl (C=O) groups is 2. The summed E-state index contributed by atoms with van der Waals surface area (Å²) in [7, 11) is 1.89. The van der Waals surface area contributed by atoms with E-state index in [4.69, 9.17) is 11.6 Å². The van der Waals surface area contributed by atoms with E-state index in [1.165, 1.54) is 17.8 Å². The number of hydrogen-bond acceptors (Lipinski definition) is 3. The highest BCUT2D eigenvalue weighted by Gasteiger charge is 2.36. The van der Waals surface area contributed by atoms with Crippen molar-refractivity contribution in [1.82, 2.24) is 9.88 Å². The van der Waals surface area contributed by atoms with Gasteiger partial charge in [0.2, 0.25) is 11.8 Å². The minimum Gasteiger partial charge on any atom is -0.352 e. The lowest BCUT2D eigenvalue weighted by atomic mass is 9.95. The standard InChI is InChI=1S/C25H28ClN3O2S/c1-28-15-7-14-22(28)24(25(31)27-18-9-3-2-4-10-18)29(21-13-6-5-12-20(21)26)23(30)17-19-11-8-16-32-19/h5-8,11-16,18,24H,2-4,9-10,17H2,1H3,(H,27,31). The van der Waals surface area contributed by atoms with E-state index in [2.05, 4.69) is 5.32 Å². The number of nitrogens with one attached hydrogen (secondary N) is 1. The first-order valence-corrected chi connectivity index (χ1v) is 12.3. The topological polar surface area (TPSA) is 54.3 Å². The molecule has 1 aliphatic rings. The van der Waals surface area contributed by atoms with Gasteiger partial charge in [0.25, 0.3) is 0 Å². The average Bonchev–Trinajstić information content (AvgIpc) is 3.45. The van der Waals surface area contributed by atoms with Crippen LogP contribution in [0.5, 0.6) is 0 Å². The van der Waals surface area contributed by atoms with E-state index in [0.717, 1.165) is 36.3 Å². The second-order valence-corrected chi connectivity index (χ2v) is 9.70. The van der Waals surface area contributed by atoms with E-state index in [9.17, 15) is 9.59 Å². The summed E-state index contributed by atoms with van der Waals surface area (Å²) >= 11 is 8.09. The lowest BCUT2D eigenvalue weighted by Crippen LogP contribution is -2.48. The number of rotatable bonds is 7. The molecule has 0 bridgehead atoms. The molecule has 1 saturated carbocycles. The normalized spacial score (nSPS) is 15.3. The van der Waals surface area contributed by atoms with Crippen LogP contribution < -0.4 is 10.2 Å². The van der Waals surface area contributed by atoms with Crippen molar-refractivity contribution in [3.05, 3.63) is 75.7 Å². The molecule has 2 heterocycles. The molecular formula is C25H28ClN3O2S. The maximum absolute atomic E-state index is 13.7. The summed E-state index contributed by atoms with van der Waals surface area (Å²) in [6, 6.07) is 14.2. The van der Waals surface area contributed by atoms with E-state index >= 15 is 0 Å². The molecule has 0 saturated heterocycles. The Kier molecular flexibility index (Phi) is 7.33. The summed E-state index contributed by atoms with van der Waals surface area (Å²) < 4.78 is 1.90. The fourth-order valence-electron chi connectivity index (χ4n) is 4.38. The van der Waals surface area contributed by atoms with E-state index in [0.29, 0.717) is 10.7 Å². The highest BCUT2D eigenvalue weighted by atomic mass is 35.5. The SMILES string of the molecule is Cn1cccc1C(C(=O)NC1CCCCC1)N(C(=O)Cc1cccs1)c1ccccc1Cl. The molecule has 2 aromatic heterocycles. The zero-order valence-electron chi connectivity index (χ0n) is 18.2. The molecule has 3 aromatic rings. The number of halogens is 1. The Morgan fingerprint density at radius 3 is 2.56 bits per heavy atom. The second-order valence-electron chi connectivity index (χ2n) is 8.26. The van der Waals surface area contributed by atoms with Crippen LogP contribution in [0.25, 0.3) is 0 Å². The number of aryl methyl sites for hydroxylation is 1. The zero-order valence-corrected chi connectivity index (χ0v) is 19.7. The molecule has 0 aliphatic heterocycles.